The minimum Gasteiger partial charge on any atom is -0.484 e. The lowest BCUT2D eigenvalue weighted by molar-refractivity contribution is -0.153. The maximum Gasteiger partial charge on any atom is 0.422 e. The molecule has 1 aromatic carbocycles. The highest BCUT2D eigenvalue weighted by Gasteiger charge is 2.29. The first kappa shape index (κ1) is 23.3. The van der Waals surface area contributed by atoms with Gasteiger partial charge in [0.2, 0.25) is 0 Å². The Kier molecular flexibility index (Phi) is 9.53. The zero-order valence-corrected chi connectivity index (χ0v) is 17.0. The van der Waals surface area contributed by atoms with Crippen molar-refractivity contribution in [3.8, 4) is 5.75 Å². The van der Waals surface area contributed by atoms with Crippen molar-refractivity contribution in [1.29, 1.82) is 0 Å². The number of nitrogens with zero attached hydrogens (tertiary/aromatic N) is 2. The van der Waals surface area contributed by atoms with Gasteiger partial charge in [0.25, 0.3) is 0 Å². The van der Waals surface area contributed by atoms with Crippen molar-refractivity contribution in [3.05, 3.63) is 29.8 Å². The summed E-state index contributed by atoms with van der Waals surface area (Å²) in [7, 11) is 1.64. The fourth-order valence-electron chi connectivity index (χ4n) is 3.07. The van der Waals surface area contributed by atoms with E-state index in [0.29, 0.717) is 37.8 Å². The molecule has 1 atom stereocenters. The molecule has 1 heterocycles. The molecule has 0 bridgehead atoms. The molecule has 1 saturated heterocycles. The molecular weight excluding hydrogens is 387 g/mol. The van der Waals surface area contributed by atoms with E-state index in [1.54, 1.807) is 25.3 Å². The zero-order valence-electron chi connectivity index (χ0n) is 17.0. The van der Waals surface area contributed by atoms with Crippen molar-refractivity contribution in [2.45, 2.75) is 26.1 Å². The Labute approximate surface area is 170 Å². The maximum atomic E-state index is 12.5. The number of guanidine groups is 1. The fourth-order valence-corrected chi connectivity index (χ4v) is 3.07. The van der Waals surface area contributed by atoms with Gasteiger partial charge < -0.3 is 24.4 Å². The van der Waals surface area contributed by atoms with Crippen LogP contribution in [0.2, 0.25) is 0 Å². The first-order valence-corrected chi connectivity index (χ1v) is 9.80. The second-order valence-electron chi connectivity index (χ2n) is 6.85. The van der Waals surface area contributed by atoms with Crippen molar-refractivity contribution in [3.63, 3.8) is 0 Å². The highest BCUT2D eigenvalue weighted by atomic mass is 19.4. The SMILES string of the molecule is CCNC(=NCc1ccccc1OCC(F)(F)F)N1CCC(COCCOC)C1. The summed E-state index contributed by atoms with van der Waals surface area (Å²) in [5.41, 5.74) is 0.616. The monoisotopic (exact) mass is 417 g/mol. The summed E-state index contributed by atoms with van der Waals surface area (Å²) in [5, 5.41) is 3.26. The molecule has 6 nitrogen and oxygen atoms in total. The number of halogens is 3. The van der Waals surface area contributed by atoms with Crippen LogP contribution in [-0.2, 0) is 16.0 Å². The van der Waals surface area contributed by atoms with Gasteiger partial charge in [-0.05, 0) is 19.4 Å². The normalized spacial score (nSPS) is 17.6. The predicted molar refractivity (Wildman–Crippen MR) is 105 cm³/mol. The van der Waals surface area contributed by atoms with Crippen LogP contribution in [0.25, 0.3) is 0 Å². The van der Waals surface area contributed by atoms with Crippen molar-refractivity contribution in [1.82, 2.24) is 10.2 Å². The van der Waals surface area contributed by atoms with Crippen LogP contribution in [0.5, 0.6) is 5.75 Å². The van der Waals surface area contributed by atoms with Crippen LogP contribution in [0.3, 0.4) is 0 Å². The Morgan fingerprint density at radius 1 is 1.28 bits per heavy atom. The van der Waals surface area contributed by atoms with Crippen LogP contribution in [0.15, 0.2) is 29.3 Å². The second-order valence-corrected chi connectivity index (χ2v) is 6.85. The highest BCUT2D eigenvalue weighted by molar-refractivity contribution is 5.80. The molecule has 9 heteroatoms. The molecule has 0 spiro atoms. The smallest absolute Gasteiger partial charge is 0.422 e. The molecule has 1 unspecified atom stereocenters. The molecule has 1 aromatic rings. The van der Waals surface area contributed by atoms with E-state index in [0.717, 1.165) is 25.5 Å². The summed E-state index contributed by atoms with van der Waals surface area (Å²) in [5.74, 6) is 1.37. The summed E-state index contributed by atoms with van der Waals surface area (Å²) in [4.78, 5) is 6.78. The number of hydrogen-bond acceptors (Lipinski definition) is 4. The number of methoxy groups -OCH3 is 1. The first-order chi connectivity index (χ1) is 13.9. The third kappa shape index (κ3) is 8.49. The third-order valence-electron chi connectivity index (χ3n) is 4.47. The average Bonchev–Trinajstić information content (AvgIpc) is 3.16. The van der Waals surface area contributed by atoms with Crippen LogP contribution < -0.4 is 10.1 Å². The van der Waals surface area contributed by atoms with Gasteiger partial charge in [-0.3, -0.25) is 0 Å². The molecule has 0 saturated carbocycles. The van der Waals surface area contributed by atoms with Crippen LogP contribution in [-0.4, -0.2) is 70.2 Å². The molecular formula is C20H30F3N3O3. The lowest BCUT2D eigenvalue weighted by atomic mass is 10.1. The summed E-state index contributed by atoms with van der Waals surface area (Å²) < 4.78 is 53.0. The Balaban J connectivity index is 1.96. The second kappa shape index (κ2) is 11.9. The van der Waals surface area contributed by atoms with E-state index in [1.807, 2.05) is 6.92 Å². The van der Waals surface area contributed by atoms with Gasteiger partial charge in [0.1, 0.15) is 5.75 Å². The van der Waals surface area contributed by atoms with Gasteiger partial charge in [-0.25, -0.2) is 4.99 Å². The van der Waals surface area contributed by atoms with E-state index in [4.69, 9.17) is 14.2 Å². The number of ether oxygens (including phenoxy) is 3. The first-order valence-electron chi connectivity index (χ1n) is 9.80. The standard InChI is InChI=1S/C20H30F3N3O3/c1-3-24-19(26-9-8-16(13-26)14-28-11-10-27-2)25-12-17-6-4-5-7-18(17)29-15-20(21,22)23/h4-7,16H,3,8-15H2,1-2H3,(H,24,25). The number of aliphatic imine (C=N–C) groups is 1. The molecule has 164 valence electrons. The maximum absolute atomic E-state index is 12.5. The summed E-state index contributed by atoms with van der Waals surface area (Å²) in [6.07, 6.45) is -3.37. The average molecular weight is 417 g/mol. The Hall–Kier alpha value is -2.00. The largest absolute Gasteiger partial charge is 0.484 e. The zero-order chi connectivity index (χ0) is 21.1. The minimum atomic E-state index is -4.37. The number of para-hydroxylation sites is 1. The minimum absolute atomic E-state index is 0.204. The molecule has 1 N–H and O–H groups in total. The highest BCUT2D eigenvalue weighted by Crippen LogP contribution is 2.23. The molecule has 1 aliphatic heterocycles. The van der Waals surface area contributed by atoms with Crippen molar-refractivity contribution >= 4 is 5.96 Å². The van der Waals surface area contributed by atoms with Gasteiger partial charge in [-0.15, -0.1) is 0 Å². The van der Waals surface area contributed by atoms with Gasteiger partial charge in [-0.1, -0.05) is 18.2 Å². The van der Waals surface area contributed by atoms with E-state index in [9.17, 15) is 13.2 Å². The number of hydrogen-bond donors (Lipinski definition) is 1. The van der Waals surface area contributed by atoms with Crippen molar-refractivity contribution in [2.75, 3.05) is 53.2 Å². The number of likely N-dealkylation sites (tertiary alicyclic amines) is 1. The molecule has 0 aliphatic carbocycles. The van der Waals surface area contributed by atoms with E-state index in [2.05, 4.69) is 15.2 Å². The lowest BCUT2D eigenvalue weighted by Gasteiger charge is -2.22. The van der Waals surface area contributed by atoms with Crippen LogP contribution in [0.4, 0.5) is 13.2 Å². The molecule has 2 rings (SSSR count). The Bertz CT molecular complexity index is 641. The third-order valence-corrected chi connectivity index (χ3v) is 4.47. The predicted octanol–water partition coefficient (Wildman–Crippen LogP) is 3.08. The molecule has 29 heavy (non-hydrogen) atoms. The summed E-state index contributed by atoms with van der Waals surface area (Å²) >= 11 is 0. The van der Waals surface area contributed by atoms with Crippen molar-refractivity contribution < 1.29 is 27.4 Å². The molecule has 1 aliphatic rings. The van der Waals surface area contributed by atoms with E-state index in [1.165, 1.54) is 6.07 Å². The van der Waals surface area contributed by atoms with Crippen LogP contribution in [0.1, 0.15) is 18.9 Å². The van der Waals surface area contributed by atoms with Gasteiger partial charge >= 0.3 is 6.18 Å². The Morgan fingerprint density at radius 3 is 2.79 bits per heavy atom. The van der Waals surface area contributed by atoms with Crippen LogP contribution >= 0.6 is 0 Å². The van der Waals surface area contributed by atoms with E-state index < -0.39 is 12.8 Å². The Morgan fingerprint density at radius 2 is 2.07 bits per heavy atom. The molecule has 0 radical (unpaired) electrons. The van der Waals surface area contributed by atoms with Gasteiger partial charge in [-0.2, -0.15) is 13.2 Å². The summed E-state index contributed by atoms with van der Waals surface area (Å²) in [6.45, 7) is 5.13. The van der Waals surface area contributed by atoms with Gasteiger partial charge in [0, 0.05) is 38.2 Å². The quantitative estimate of drug-likeness (QED) is 0.360. The number of nitrogens with one attached hydrogen (secondary N) is 1. The van der Waals surface area contributed by atoms with Crippen molar-refractivity contribution in [2.24, 2.45) is 10.9 Å². The molecule has 0 aromatic heterocycles. The van der Waals surface area contributed by atoms with E-state index in [-0.39, 0.29) is 12.3 Å². The number of rotatable bonds is 10. The number of alkyl halides is 3. The topological polar surface area (TPSA) is 55.3 Å². The molecule has 1 fully saturated rings. The van der Waals surface area contributed by atoms with Gasteiger partial charge in [0.05, 0.1) is 26.4 Å². The van der Waals surface area contributed by atoms with Gasteiger partial charge in [0.15, 0.2) is 12.6 Å². The fraction of sp³-hybridized carbons (Fsp3) is 0.650. The molecule has 0 amide bonds. The summed E-state index contributed by atoms with van der Waals surface area (Å²) in [6, 6.07) is 6.68. The lowest BCUT2D eigenvalue weighted by Crippen LogP contribution is -2.40. The van der Waals surface area contributed by atoms with E-state index >= 15 is 0 Å². The van der Waals surface area contributed by atoms with Crippen LogP contribution in [0, 0.1) is 5.92 Å². The number of benzene rings is 1.